The van der Waals surface area contributed by atoms with Crippen LogP contribution in [0.2, 0.25) is 0 Å². The number of phosphoric acid groups is 1. The summed E-state index contributed by atoms with van der Waals surface area (Å²) in [6.45, 7) is 4.99. The van der Waals surface area contributed by atoms with Crippen LogP contribution >= 0.6 is 7.82 Å². The van der Waals surface area contributed by atoms with E-state index in [0.717, 1.165) is 103 Å². The molecule has 0 saturated heterocycles. The van der Waals surface area contributed by atoms with Crippen LogP contribution in [0.3, 0.4) is 0 Å². The summed E-state index contributed by atoms with van der Waals surface area (Å²) >= 11 is 0. The Morgan fingerprint density at radius 2 is 0.932 bits per heavy atom. The first-order chi connectivity index (χ1) is 28.6. The van der Waals surface area contributed by atoms with Gasteiger partial charge in [0.2, 0.25) is 0 Å². The first-order valence-corrected chi connectivity index (χ1v) is 23.7. The third kappa shape index (κ3) is 45.8. The average Bonchev–Trinajstić information content (AvgIpc) is 3.19. The van der Waals surface area contributed by atoms with Gasteiger partial charge in [-0.2, -0.15) is 0 Å². The Labute approximate surface area is 361 Å². The van der Waals surface area contributed by atoms with E-state index < -0.39 is 19.9 Å². The maximum atomic E-state index is 12.7. The maximum Gasteiger partial charge on any atom is 0.306 e. The molecule has 0 N–H and O–H groups in total. The number of likely N-dealkylation sites (N-methyl/N-ethyl adjacent to an activating group) is 1. The standard InChI is InChI=1S/C50H82NO7P/c1-6-8-10-12-14-16-18-20-22-23-24-25-26-27-28-30-32-34-36-38-40-42-45-55-47-49(48-57-59(53,54)56-46-44-51(3,4)5)58-50(52)43-41-39-37-35-33-31-29-21-19-17-15-13-11-9-7-2/h8-11,14-17,20-22,24-25,27-29,32-35,49H,6-7,12-13,18-19,23,26,30-31,36-48H2,1-5H3/b10-8-,11-9-,16-14-,17-15-,22-20-,25-24-,28-27-,29-21-,34-32-,35-33-. The molecule has 334 valence electrons. The van der Waals surface area contributed by atoms with Gasteiger partial charge in [0.1, 0.15) is 19.3 Å². The van der Waals surface area contributed by atoms with E-state index in [1.54, 1.807) is 0 Å². The van der Waals surface area contributed by atoms with Crippen LogP contribution in [0, 0.1) is 0 Å². The van der Waals surface area contributed by atoms with Gasteiger partial charge in [-0.1, -0.05) is 142 Å². The van der Waals surface area contributed by atoms with Crippen molar-refractivity contribution in [1.82, 2.24) is 0 Å². The van der Waals surface area contributed by atoms with Crippen molar-refractivity contribution in [3.8, 4) is 0 Å². The molecule has 0 aliphatic heterocycles. The molecule has 8 nitrogen and oxygen atoms in total. The first kappa shape index (κ1) is 55.9. The molecule has 2 atom stereocenters. The number of allylic oxidation sites excluding steroid dienone is 20. The molecule has 0 amide bonds. The summed E-state index contributed by atoms with van der Waals surface area (Å²) in [6, 6.07) is 0. The van der Waals surface area contributed by atoms with Gasteiger partial charge in [0.05, 0.1) is 34.4 Å². The topological polar surface area (TPSA) is 94.1 Å². The van der Waals surface area contributed by atoms with E-state index >= 15 is 0 Å². The van der Waals surface area contributed by atoms with Crippen LogP contribution in [-0.2, 0) is 27.9 Å². The summed E-state index contributed by atoms with van der Waals surface area (Å²) in [5, 5.41) is 0. The van der Waals surface area contributed by atoms with E-state index in [4.69, 9.17) is 18.5 Å². The van der Waals surface area contributed by atoms with E-state index in [2.05, 4.69) is 135 Å². The molecule has 0 aromatic rings. The van der Waals surface area contributed by atoms with Gasteiger partial charge >= 0.3 is 5.97 Å². The van der Waals surface area contributed by atoms with E-state index in [1.165, 1.54) is 0 Å². The molecule has 59 heavy (non-hydrogen) atoms. The van der Waals surface area contributed by atoms with E-state index in [0.29, 0.717) is 24.1 Å². The number of esters is 1. The number of carbonyl (C=O) groups excluding carboxylic acids is 1. The number of hydrogen-bond donors (Lipinski definition) is 0. The van der Waals surface area contributed by atoms with E-state index in [1.807, 2.05) is 21.1 Å². The third-order valence-electron chi connectivity index (χ3n) is 8.51. The molecule has 0 rings (SSSR count). The normalized spacial score (nSPS) is 14.9. The van der Waals surface area contributed by atoms with Gasteiger partial charge in [-0.05, 0) is 103 Å². The fraction of sp³-hybridized carbons (Fsp3) is 0.580. The lowest BCUT2D eigenvalue weighted by molar-refractivity contribution is -0.870. The highest BCUT2D eigenvalue weighted by molar-refractivity contribution is 7.45. The number of rotatable bonds is 39. The molecule has 0 radical (unpaired) electrons. The lowest BCUT2D eigenvalue weighted by Gasteiger charge is -2.28. The third-order valence-corrected chi connectivity index (χ3v) is 9.47. The van der Waals surface area contributed by atoms with Gasteiger partial charge < -0.3 is 27.9 Å². The van der Waals surface area contributed by atoms with E-state index in [-0.39, 0.29) is 26.2 Å². The minimum atomic E-state index is -4.56. The fourth-order valence-corrected chi connectivity index (χ4v) is 5.85. The quantitative estimate of drug-likeness (QED) is 0.0200. The second kappa shape index (κ2) is 41.6. The zero-order valence-electron chi connectivity index (χ0n) is 37.6. The molecule has 0 heterocycles. The van der Waals surface area contributed by atoms with Crippen molar-refractivity contribution in [2.45, 2.75) is 136 Å². The Balaban J connectivity index is 4.39. The Bertz CT molecular complexity index is 1350. The molecular weight excluding hydrogens is 758 g/mol. The molecule has 0 aliphatic rings. The summed E-state index contributed by atoms with van der Waals surface area (Å²) < 4.78 is 34.5. The van der Waals surface area contributed by atoms with Crippen LogP contribution in [0.15, 0.2) is 122 Å². The highest BCUT2D eigenvalue weighted by Crippen LogP contribution is 2.38. The van der Waals surface area contributed by atoms with E-state index in [9.17, 15) is 14.3 Å². The fourth-order valence-electron chi connectivity index (χ4n) is 5.13. The first-order valence-electron chi connectivity index (χ1n) is 22.3. The largest absolute Gasteiger partial charge is 0.756 e. The summed E-state index contributed by atoms with van der Waals surface area (Å²) in [5.74, 6) is -0.393. The van der Waals surface area contributed by atoms with Crippen molar-refractivity contribution in [2.75, 3.05) is 54.1 Å². The molecule has 0 saturated carbocycles. The zero-order valence-corrected chi connectivity index (χ0v) is 38.5. The van der Waals surface area contributed by atoms with Crippen molar-refractivity contribution in [1.29, 1.82) is 0 Å². The van der Waals surface area contributed by atoms with Crippen molar-refractivity contribution >= 4 is 13.8 Å². The van der Waals surface area contributed by atoms with Crippen molar-refractivity contribution < 1.29 is 37.3 Å². The number of hydrogen-bond acceptors (Lipinski definition) is 7. The second-order valence-electron chi connectivity index (χ2n) is 15.3. The molecule has 0 bridgehead atoms. The smallest absolute Gasteiger partial charge is 0.306 e. The van der Waals surface area contributed by atoms with Crippen LogP contribution in [-0.4, -0.2) is 70.7 Å². The summed E-state index contributed by atoms with van der Waals surface area (Å²) in [5.41, 5.74) is 0. The predicted octanol–water partition coefficient (Wildman–Crippen LogP) is 12.7. The molecule has 2 unspecified atom stereocenters. The number of unbranched alkanes of at least 4 members (excludes halogenated alkanes) is 5. The number of quaternary nitrogens is 1. The SMILES string of the molecule is CC/C=C\C/C=C\C/C=C\C/C=C\C/C=C\C/C=C\CCCCCOCC(COP(=O)([O-])OCC[N+](C)(C)C)OC(=O)CCCC/C=C\C/C=C\C/C=C\C/C=C\CC. The van der Waals surface area contributed by atoms with Crippen molar-refractivity contribution in [2.24, 2.45) is 0 Å². The maximum absolute atomic E-state index is 12.7. The highest BCUT2D eigenvalue weighted by atomic mass is 31.2. The van der Waals surface area contributed by atoms with Gasteiger partial charge in [0, 0.05) is 13.0 Å². The molecule has 0 aromatic heterocycles. The zero-order chi connectivity index (χ0) is 43.4. The number of ether oxygens (including phenoxy) is 2. The minimum absolute atomic E-state index is 0.00305. The van der Waals surface area contributed by atoms with Crippen LogP contribution < -0.4 is 4.89 Å². The number of phosphoric ester groups is 1. The van der Waals surface area contributed by atoms with Gasteiger partial charge in [0.25, 0.3) is 7.82 Å². The second-order valence-corrected chi connectivity index (χ2v) is 16.7. The van der Waals surface area contributed by atoms with Gasteiger partial charge in [-0.15, -0.1) is 0 Å². The Morgan fingerprint density at radius 3 is 1.36 bits per heavy atom. The summed E-state index contributed by atoms with van der Waals surface area (Å²) in [7, 11) is 1.28. The Morgan fingerprint density at radius 1 is 0.525 bits per heavy atom. The molecule has 0 fully saturated rings. The van der Waals surface area contributed by atoms with Crippen LogP contribution in [0.5, 0.6) is 0 Å². The minimum Gasteiger partial charge on any atom is -0.756 e. The molecular formula is C50H82NO7P. The molecule has 0 aromatic carbocycles. The Kier molecular flexibility index (Phi) is 39.4. The van der Waals surface area contributed by atoms with Crippen LogP contribution in [0.25, 0.3) is 0 Å². The van der Waals surface area contributed by atoms with Crippen LogP contribution in [0.4, 0.5) is 0 Å². The summed E-state index contributed by atoms with van der Waals surface area (Å²) in [4.78, 5) is 25.0. The van der Waals surface area contributed by atoms with Crippen molar-refractivity contribution in [3.63, 3.8) is 0 Å². The number of nitrogens with zero attached hydrogens (tertiary/aromatic N) is 1. The summed E-state index contributed by atoms with van der Waals surface area (Å²) in [6.07, 6.45) is 59.4. The highest BCUT2D eigenvalue weighted by Gasteiger charge is 2.20. The van der Waals surface area contributed by atoms with Gasteiger partial charge in [-0.3, -0.25) is 9.36 Å². The Hall–Kier alpha value is -3.10. The predicted molar refractivity (Wildman–Crippen MR) is 249 cm³/mol. The van der Waals surface area contributed by atoms with Crippen LogP contribution in [0.1, 0.15) is 129 Å². The lowest BCUT2D eigenvalue weighted by atomic mass is 10.2. The van der Waals surface area contributed by atoms with Gasteiger partial charge in [0.15, 0.2) is 0 Å². The molecule has 0 spiro atoms. The van der Waals surface area contributed by atoms with Crippen molar-refractivity contribution in [3.05, 3.63) is 122 Å². The lowest BCUT2D eigenvalue weighted by Crippen LogP contribution is -2.37. The number of carbonyl (C=O) groups is 1. The van der Waals surface area contributed by atoms with Gasteiger partial charge in [-0.25, -0.2) is 0 Å². The monoisotopic (exact) mass is 840 g/mol. The molecule has 9 heteroatoms. The average molecular weight is 840 g/mol. The molecule has 0 aliphatic carbocycles.